The van der Waals surface area contributed by atoms with Gasteiger partial charge in [0.25, 0.3) is 0 Å². The van der Waals surface area contributed by atoms with Gasteiger partial charge in [-0.3, -0.25) is 0 Å². The Balaban J connectivity index is 1.74. The predicted octanol–water partition coefficient (Wildman–Crippen LogP) is 3.77. The molecule has 0 saturated carbocycles. The van der Waals surface area contributed by atoms with Crippen molar-refractivity contribution in [3.63, 3.8) is 0 Å². The Kier molecular flexibility index (Phi) is 9.27. The zero-order valence-electron chi connectivity index (χ0n) is 15.3. The molecule has 3 nitrogen and oxygen atoms in total. The number of hydrogen-bond donors (Lipinski definition) is 1. The van der Waals surface area contributed by atoms with Crippen LogP contribution in [0, 0.1) is 5.92 Å². The van der Waals surface area contributed by atoms with Gasteiger partial charge in [-0.05, 0) is 43.4 Å². The molecule has 0 radical (unpaired) electrons. The molecule has 3 heteroatoms. The Hall–Kier alpha value is -1.68. The topological polar surface area (TPSA) is 32.7 Å². The molecule has 0 spiro atoms. The van der Waals surface area contributed by atoms with E-state index in [9.17, 15) is 0 Å². The van der Waals surface area contributed by atoms with Crippen LogP contribution in [0.3, 0.4) is 0 Å². The van der Waals surface area contributed by atoms with Gasteiger partial charge in [0, 0.05) is 19.7 Å². The molecule has 1 unspecified atom stereocenters. The fraction of sp³-hybridized carbons (Fsp3) is 0.455. The molecule has 0 saturated heterocycles. The zero-order valence-corrected chi connectivity index (χ0v) is 15.3. The molecule has 25 heavy (non-hydrogen) atoms. The van der Waals surface area contributed by atoms with E-state index in [0.29, 0.717) is 12.5 Å². The van der Waals surface area contributed by atoms with E-state index >= 15 is 0 Å². The first-order chi connectivity index (χ1) is 12.3. The molecule has 0 heterocycles. The van der Waals surface area contributed by atoms with Gasteiger partial charge in [-0.2, -0.15) is 0 Å². The van der Waals surface area contributed by atoms with Crippen molar-refractivity contribution in [3.8, 4) is 0 Å². The highest BCUT2D eigenvalue weighted by Gasteiger charge is 2.12. The maximum absolute atomic E-state index is 9.13. The van der Waals surface area contributed by atoms with E-state index in [1.165, 1.54) is 11.1 Å². The second-order valence-corrected chi connectivity index (χ2v) is 6.72. The Morgan fingerprint density at radius 3 is 2.24 bits per heavy atom. The third-order valence-electron chi connectivity index (χ3n) is 4.43. The lowest BCUT2D eigenvalue weighted by molar-refractivity contribution is 0.111. The molecule has 136 valence electrons. The van der Waals surface area contributed by atoms with Crippen LogP contribution in [0.4, 0.5) is 0 Å². The van der Waals surface area contributed by atoms with Crippen molar-refractivity contribution in [1.82, 2.24) is 4.90 Å². The van der Waals surface area contributed by atoms with Gasteiger partial charge in [-0.1, -0.05) is 60.7 Å². The van der Waals surface area contributed by atoms with E-state index < -0.39 is 0 Å². The van der Waals surface area contributed by atoms with Gasteiger partial charge >= 0.3 is 0 Å². The Morgan fingerprint density at radius 2 is 1.60 bits per heavy atom. The van der Waals surface area contributed by atoms with Gasteiger partial charge in [-0.15, -0.1) is 0 Å². The molecule has 2 rings (SSSR count). The van der Waals surface area contributed by atoms with Crippen molar-refractivity contribution in [2.45, 2.75) is 25.9 Å². The van der Waals surface area contributed by atoms with E-state index in [-0.39, 0.29) is 6.61 Å². The number of aliphatic hydroxyl groups excluding tert-OH is 1. The minimum Gasteiger partial charge on any atom is -0.395 e. The van der Waals surface area contributed by atoms with Gasteiger partial charge in [0.05, 0.1) is 13.2 Å². The number of likely N-dealkylation sites (N-methyl/N-ethyl adjacent to an activating group) is 1. The molecule has 0 aliphatic rings. The highest BCUT2D eigenvalue weighted by atomic mass is 16.5. The van der Waals surface area contributed by atoms with Crippen LogP contribution in [0.15, 0.2) is 60.7 Å². The average molecular weight is 341 g/mol. The van der Waals surface area contributed by atoms with Crippen molar-refractivity contribution in [3.05, 3.63) is 71.8 Å². The Bertz CT molecular complexity index is 559. The summed E-state index contributed by atoms with van der Waals surface area (Å²) in [5.41, 5.74) is 2.61. The molecule has 0 aromatic heterocycles. The summed E-state index contributed by atoms with van der Waals surface area (Å²) in [7, 11) is 2.08. The fourth-order valence-electron chi connectivity index (χ4n) is 3.15. The SMILES string of the molecule is CN(CCO)CC(CCCOCc1ccccc1)Cc1ccccc1. The van der Waals surface area contributed by atoms with Gasteiger partial charge < -0.3 is 14.7 Å². The summed E-state index contributed by atoms with van der Waals surface area (Å²) in [5, 5.41) is 9.13. The summed E-state index contributed by atoms with van der Waals surface area (Å²) in [4.78, 5) is 2.22. The third kappa shape index (κ3) is 8.30. The van der Waals surface area contributed by atoms with Crippen molar-refractivity contribution < 1.29 is 9.84 Å². The van der Waals surface area contributed by atoms with E-state index in [1.807, 2.05) is 18.2 Å². The molecule has 2 aromatic carbocycles. The first-order valence-corrected chi connectivity index (χ1v) is 9.23. The van der Waals surface area contributed by atoms with Crippen LogP contribution >= 0.6 is 0 Å². The van der Waals surface area contributed by atoms with Crippen LogP contribution in [0.2, 0.25) is 0 Å². The first-order valence-electron chi connectivity index (χ1n) is 9.23. The molecule has 0 bridgehead atoms. The minimum atomic E-state index is 0.217. The highest BCUT2D eigenvalue weighted by molar-refractivity contribution is 5.15. The van der Waals surface area contributed by atoms with Crippen LogP contribution in [0.1, 0.15) is 24.0 Å². The molecule has 0 aliphatic heterocycles. The second-order valence-electron chi connectivity index (χ2n) is 6.72. The number of ether oxygens (including phenoxy) is 1. The zero-order chi connectivity index (χ0) is 17.7. The summed E-state index contributed by atoms with van der Waals surface area (Å²) in [6.07, 6.45) is 3.28. The third-order valence-corrected chi connectivity index (χ3v) is 4.43. The van der Waals surface area contributed by atoms with Crippen molar-refractivity contribution in [1.29, 1.82) is 0 Å². The normalized spacial score (nSPS) is 12.4. The molecule has 1 N–H and O–H groups in total. The number of nitrogens with zero attached hydrogens (tertiary/aromatic N) is 1. The largest absolute Gasteiger partial charge is 0.395 e. The second kappa shape index (κ2) is 11.8. The lowest BCUT2D eigenvalue weighted by atomic mass is 9.94. The van der Waals surface area contributed by atoms with Crippen LogP contribution in [-0.2, 0) is 17.8 Å². The van der Waals surface area contributed by atoms with Crippen molar-refractivity contribution in [2.24, 2.45) is 5.92 Å². The summed E-state index contributed by atoms with van der Waals surface area (Å²) in [6, 6.07) is 21.0. The van der Waals surface area contributed by atoms with Gasteiger partial charge in [-0.25, -0.2) is 0 Å². The van der Waals surface area contributed by atoms with E-state index in [2.05, 4.69) is 54.4 Å². The number of aliphatic hydroxyl groups is 1. The van der Waals surface area contributed by atoms with Gasteiger partial charge in [0.2, 0.25) is 0 Å². The summed E-state index contributed by atoms with van der Waals surface area (Å²) in [6.45, 7) is 3.44. The molecule has 0 amide bonds. The first kappa shape index (κ1) is 19.6. The molecule has 0 aliphatic carbocycles. The van der Waals surface area contributed by atoms with Crippen LogP contribution in [0.25, 0.3) is 0 Å². The van der Waals surface area contributed by atoms with E-state index in [4.69, 9.17) is 9.84 Å². The van der Waals surface area contributed by atoms with Gasteiger partial charge in [0.1, 0.15) is 0 Å². The molecule has 0 fully saturated rings. The summed E-state index contributed by atoms with van der Waals surface area (Å²) < 4.78 is 5.82. The number of rotatable bonds is 12. The highest BCUT2D eigenvalue weighted by Crippen LogP contribution is 2.16. The average Bonchev–Trinajstić information content (AvgIpc) is 2.63. The Labute approximate surface area is 152 Å². The lowest BCUT2D eigenvalue weighted by Gasteiger charge is -2.23. The fourth-order valence-corrected chi connectivity index (χ4v) is 3.15. The maximum Gasteiger partial charge on any atom is 0.0716 e. The summed E-state index contributed by atoms with van der Waals surface area (Å²) in [5.74, 6) is 0.583. The lowest BCUT2D eigenvalue weighted by Crippen LogP contribution is -2.29. The smallest absolute Gasteiger partial charge is 0.0716 e. The molecular weight excluding hydrogens is 310 g/mol. The minimum absolute atomic E-state index is 0.217. The monoisotopic (exact) mass is 341 g/mol. The number of hydrogen-bond acceptors (Lipinski definition) is 3. The van der Waals surface area contributed by atoms with E-state index in [0.717, 1.165) is 39.0 Å². The van der Waals surface area contributed by atoms with Crippen LogP contribution < -0.4 is 0 Å². The van der Waals surface area contributed by atoms with Gasteiger partial charge in [0.15, 0.2) is 0 Å². The van der Waals surface area contributed by atoms with Crippen LogP contribution in [0.5, 0.6) is 0 Å². The van der Waals surface area contributed by atoms with Crippen molar-refractivity contribution in [2.75, 3.05) is 33.4 Å². The quantitative estimate of drug-likeness (QED) is 0.597. The van der Waals surface area contributed by atoms with E-state index in [1.54, 1.807) is 0 Å². The maximum atomic E-state index is 9.13. The Morgan fingerprint density at radius 1 is 0.960 bits per heavy atom. The summed E-state index contributed by atoms with van der Waals surface area (Å²) >= 11 is 0. The predicted molar refractivity (Wildman–Crippen MR) is 104 cm³/mol. The standard InChI is InChI=1S/C22H31NO2/c1-23(14-15-24)18-22(17-20-9-4-2-5-10-20)13-8-16-25-19-21-11-6-3-7-12-21/h2-7,9-12,22,24H,8,13-19H2,1H3. The molecule has 1 atom stereocenters. The number of benzene rings is 2. The van der Waals surface area contributed by atoms with Crippen molar-refractivity contribution >= 4 is 0 Å². The van der Waals surface area contributed by atoms with Crippen LogP contribution in [-0.4, -0.2) is 43.4 Å². The molecule has 2 aromatic rings. The molecular formula is C22H31NO2.